The number of benzene rings is 2. The molecule has 0 bridgehead atoms. The summed E-state index contributed by atoms with van der Waals surface area (Å²) in [5, 5.41) is 7.06. The minimum absolute atomic E-state index is 0.172. The topological polar surface area (TPSA) is 76.7 Å². The Morgan fingerprint density at radius 2 is 2.04 bits per heavy atom. The number of halogens is 1. The van der Waals surface area contributed by atoms with Gasteiger partial charge in [-0.05, 0) is 31.2 Å². The average Bonchev–Trinajstić information content (AvgIpc) is 2.60. The Hall–Kier alpha value is -2.18. The van der Waals surface area contributed by atoms with E-state index < -0.39 is 0 Å². The molecular formula is C18H20ClN3O2S. The van der Waals surface area contributed by atoms with Crippen LogP contribution in [0, 0.1) is 6.92 Å². The van der Waals surface area contributed by atoms with E-state index in [1.54, 1.807) is 36.0 Å². The molecule has 0 atom stereocenters. The third-order valence-electron chi connectivity index (χ3n) is 3.19. The summed E-state index contributed by atoms with van der Waals surface area (Å²) >= 11 is 7.56. The van der Waals surface area contributed by atoms with Gasteiger partial charge >= 0.3 is 0 Å². The number of hydrogen-bond acceptors (Lipinski definition) is 4. The zero-order valence-electron chi connectivity index (χ0n) is 13.9. The highest BCUT2D eigenvalue weighted by Gasteiger charge is 2.03. The number of hydrogen-bond donors (Lipinski definition) is 2. The fourth-order valence-corrected chi connectivity index (χ4v) is 2.86. The summed E-state index contributed by atoms with van der Waals surface area (Å²) in [5.74, 6) is 0.709. The second-order valence-electron chi connectivity index (χ2n) is 5.27. The quantitative estimate of drug-likeness (QED) is 0.243. The lowest BCUT2D eigenvalue weighted by Crippen LogP contribution is -2.29. The molecule has 0 aliphatic heterocycles. The lowest BCUT2D eigenvalue weighted by Gasteiger charge is -2.05. The second kappa shape index (κ2) is 9.96. The number of nitrogens with zero attached hydrogens (tertiary/aromatic N) is 1. The Morgan fingerprint density at radius 3 is 2.76 bits per heavy atom. The Bertz CT molecular complexity index is 735. The van der Waals surface area contributed by atoms with E-state index in [-0.39, 0.29) is 18.3 Å². The normalized spacial score (nSPS) is 11.2. The van der Waals surface area contributed by atoms with Gasteiger partial charge in [0.25, 0.3) is 5.91 Å². The third-order valence-corrected chi connectivity index (χ3v) is 4.44. The summed E-state index contributed by atoms with van der Waals surface area (Å²) in [4.78, 5) is 17.9. The van der Waals surface area contributed by atoms with E-state index in [1.165, 1.54) is 10.5 Å². The fraction of sp³-hybridized carbons (Fsp3) is 0.222. The molecule has 0 saturated carbocycles. The third kappa shape index (κ3) is 7.07. The molecule has 0 aliphatic rings. The van der Waals surface area contributed by atoms with Gasteiger partial charge in [-0.3, -0.25) is 4.79 Å². The van der Waals surface area contributed by atoms with E-state index in [2.05, 4.69) is 41.7 Å². The van der Waals surface area contributed by atoms with Crippen molar-refractivity contribution in [3.05, 3.63) is 64.7 Å². The molecule has 0 spiro atoms. The van der Waals surface area contributed by atoms with Crippen molar-refractivity contribution in [3.8, 4) is 0 Å². The number of nitrogens with two attached hydrogens (primary N) is 1. The van der Waals surface area contributed by atoms with Gasteiger partial charge in [-0.2, -0.15) is 0 Å². The SMILES string of the molecule is Cc1ccc(SCCNC(=O)CO/N=C(\N)c2cccc(Cl)c2)cc1. The molecule has 2 aromatic rings. The maximum Gasteiger partial charge on any atom is 0.260 e. The summed E-state index contributed by atoms with van der Waals surface area (Å²) in [5.41, 5.74) is 7.65. The maximum atomic E-state index is 11.7. The summed E-state index contributed by atoms with van der Waals surface area (Å²) in [6, 6.07) is 15.2. The zero-order valence-corrected chi connectivity index (χ0v) is 15.4. The van der Waals surface area contributed by atoms with Crippen LogP contribution in [0.3, 0.4) is 0 Å². The standard InChI is InChI=1S/C18H20ClN3O2S/c1-13-5-7-16(8-6-13)25-10-9-21-17(23)12-24-22-18(20)14-3-2-4-15(19)11-14/h2-8,11H,9-10,12H2,1H3,(H2,20,22)(H,21,23). The van der Waals surface area contributed by atoms with E-state index in [9.17, 15) is 4.79 Å². The van der Waals surface area contributed by atoms with Crippen molar-refractivity contribution in [1.29, 1.82) is 0 Å². The van der Waals surface area contributed by atoms with Gasteiger partial charge in [-0.25, -0.2) is 0 Å². The molecule has 7 heteroatoms. The molecule has 132 valence electrons. The summed E-state index contributed by atoms with van der Waals surface area (Å²) in [6.45, 7) is 2.42. The molecule has 5 nitrogen and oxygen atoms in total. The van der Waals surface area contributed by atoms with Gasteiger partial charge in [-0.15, -0.1) is 11.8 Å². The summed E-state index contributed by atoms with van der Waals surface area (Å²) in [6.07, 6.45) is 0. The highest BCUT2D eigenvalue weighted by Crippen LogP contribution is 2.17. The van der Waals surface area contributed by atoms with Crippen molar-refractivity contribution in [2.24, 2.45) is 10.9 Å². The molecule has 0 fully saturated rings. The van der Waals surface area contributed by atoms with Crippen LogP contribution in [-0.2, 0) is 9.63 Å². The van der Waals surface area contributed by atoms with Gasteiger partial charge in [0.05, 0.1) is 0 Å². The van der Waals surface area contributed by atoms with Crippen molar-refractivity contribution >= 4 is 35.1 Å². The number of aryl methyl sites for hydroxylation is 1. The van der Waals surface area contributed by atoms with Crippen molar-refractivity contribution in [3.63, 3.8) is 0 Å². The minimum atomic E-state index is -0.243. The maximum absolute atomic E-state index is 11.7. The molecule has 0 saturated heterocycles. The summed E-state index contributed by atoms with van der Waals surface area (Å²) < 4.78 is 0. The van der Waals surface area contributed by atoms with E-state index in [4.69, 9.17) is 22.2 Å². The lowest BCUT2D eigenvalue weighted by atomic mass is 10.2. The molecule has 0 aromatic heterocycles. The molecule has 2 rings (SSSR count). The first-order valence-corrected chi connectivity index (χ1v) is 9.08. The number of oxime groups is 1. The fourth-order valence-electron chi connectivity index (χ4n) is 1.91. The highest BCUT2D eigenvalue weighted by molar-refractivity contribution is 7.99. The van der Waals surface area contributed by atoms with Crippen molar-refractivity contribution in [1.82, 2.24) is 5.32 Å². The van der Waals surface area contributed by atoms with Crippen LogP contribution in [-0.4, -0.2) is 30.6 Å². The van der Waals surface area contributed by atoms with Crippen LogP contribution in [0.4, 0.5) is 0 Å². The van der Waals surface area contributed by atoms with E-state index in [0.29, 0.717) is 17.1 Å². The minimum Gasteiger partial charge on any atom is -0.384 e. The van der Waals surface area contributed by atoms with Crippen LogP contribution in [0.1, 0.15) is 11.1 Å². The van der Waals surface area contributed by atoms with E-state index in [0.717, 1.165) is 5.75 Å². The molecule has 0 unspecified atom stereocenters. The lowest BCUT2D eigenvalue weighted by molar-refractivity contribution is -0.125. The number of carbonyl (C=O) groups excluding carboxylic acids is 1. The van der Waals surface area contributed by atoms with E-state index >= 15 is 0 Å². The van der Waals surface area contributed by atoms with E-state index in [1.807, 2.05) is 0 Å². The first-order chi connectivity index (χ1) is 12.0. The molecule has 25 heavy (non-hydrogen) atoms. The average molecular weight is 378 g/mol. The van der Waals surface area contributed by atoms with Gasteiger partial charge in [-0.1, -0.05) is 46.6 Å². The van der Waals surface area contributed by atoms with Crippen LogP contribution < -0.4 is 11.1 Å². The van der Waals surface area contributed by atoms with Gasteiger partial charge < -0.3 is 15.9 Å². The van der Waals surface area contributed by atoms with Gasteiger partial charge in [0.2, 0.25) is 0 Å². The number of rotatable bonds is 8. The molecule has 0 heterocycles. The Labute approximate surface area is 156 Å². The van der Waals surface area contributed by atoms with Crippen LogP contribution >= 0.6 is 23.4 Å². The van der Waals surface area contributed by atoms with Gasteiger partial charge in [0.15, 0.2) is 12.4 Å². The summed E-state index contributed by atoms with van der Waals surface area (Å²) in [7, 11) is 0. The Kier molecular flexibility index (Phi) is 7.63. The number of carbonyl (C=O) groups is 1. The first-order valence-electron chi connectivity index (χ1n) is 7.72. The number of nitrogens with one attached hydrogen (secondary N) is 1. The van der Waals surface area contributed by atoms with Crippen LogP contribution in [0.2, 0.25) is 5.02 Å². The van der Waals surface area contributed by atoms with Crippen LogP contribution in [0.15, 0.2) is 58.6 Å². The molecule has 1 amide bonds. The van der Waals surface area contributed by atoms with Crippen LogP contribution in [0.5, 0.6) is 0 Å². The van der Waals surface area contributed by atoms with Gasteiger partial charge in [0, 0.05) is 27.8 Å². The van der Waals surface area contributed by atoms with Crippen molar-refractivity contribution in [2.45, 2.75) is 11.8 Å². The number of thioether (sulfide) groups is 1. The van der Waals surface area contributed by atoms with Crippen molar-refractivity contribution in [2.75, 3.05) is 18.9 Å². The largest absolute Gasteiger partial charge is 0.384 e. The molecular weight excluding hydrogens is 358 g/mol. The Morgan fingerprint density at radius 1 is 1.28 bits per heavy atom. The zero-order chi connectivity index (χ0) is 18.1. The predicted octanol–water partition coefficient (Wildman–Crippen LogP) is 3.19. The molecule has 0 radical (unpaired) electrons. The predicted molar refractivity (Wildman–Crippen MR) is 103 cm³/mol. The molecule has 0 aliphatic carbocycles. The van der Waals surface area contributed by atoms with Crippen molar-refractivity contribution < 1.29 is 9.63 Å². The Balaban J connectivity index is 1.65. The number of amides is 1. The number of amidine groups is 1. The first kappa shape index (κ1) is 19.1. The molecule has 2 aromatic carbocycles. The smallest absolute Gasteiger partial charge is 0.260 e. The second-order valence-corrected chi connectivity index (χ2v) is 6.88. The highest BCUT2D eigenvalue weighted by atomic mass is 35.5. The van der Waals surface area contributed by atoms with Gasteiger partial charge in [0.1, 0.15) is 0 Å². The molecule has 3 N–H and O–H groups in total. The van der Waals surface area contributed by atoms with Crippen LogP contribution in [0.25, 0.3) is 0 Å². The monoisotopic (exact) mass is 377 g/mol.